The summed E-state index contributed by atoms with van der Waals surface area (Å²) in [4.78, 5) is 0. The van der Waals surface area contributed by atoms with Gasteiger partial charge in [-0.3, -0.25) is 0 Å². The molecule has 0 aromatic rings. The maximum absolute atomic E-state index is 3.32. The van der Waals surface area contributed by atoms with E-state index in [9.17, 15) is 0 Å². The first-order valence-corrected chi connectivity index (χ1v) is 4.01. The first kappa shape index (κ1) is 8.96. The highest BCUT2D eigenvalue weighted by Crippen LogP contribution is 2.13. The molecule has 0 amide bonds. The van der Waals surface area contributed by atoms with Gasteiger partial charge in [0.15, 0.2) is 0 Å². The monoisotopic (exact) mass is 129 g/mol. The molecule has 0 spiro atoms. The zero-order valence-electron chi connectivity index (χ0n) is 7.07. The Kier molecular flexibility index (Phi) is 4.78. The van der Waals surface area contributed by atoms with Gasteiger partial charge in [-0.1, -0.05) is 27.7 Å². The summed E-state index contributed by atoms with van der Waals surface area (Å²) in [6, 6.07) is 0. The molecular formula is C8H19N. The molecule has 1 heterocycles. The lowest BCUT2D eigenvalue weighted by atomic mass is 10.0. The van der Waals surface area contributed by atoms with E-state index in [1.807, 2.05) is 13.8 Å². The average molecular weight is 129 g/mol. The molecule has 0 bridgehead atoms. The smallest absolute Gasteiger partial charge is 0.00200 e. The maximum atomic E-state index is 3.32. The number of rotatable bonds is 0. The molecule has 0 aromatic heterocycles. The molecule has 1 rings (SSSR count). The van der Waals surface area contributed by atoms with Crippen LogP contribution in [-0.2, 0) is 0 Å². The maximum Gasteiger partial charge on any atom is -0.00200 e. The molecule has 9 heavy (non-hydrogen) atoms. The van der Waals surface area contributed by atoms with Crippen LogP contribution in [0.2, 0.25) is 0 Å². The Morgan fingerprint density at radius 3 is 1.44 bits per heavy atom. The molecule has 2 unspecified atom stereocenters. The standard InChI is InChI=1S/C6H13N.C2H6/c1-5-3-7-4-6(5)2;1-2/h5-7H,3-4H2,1-2H3;1-2H3. The van der Waals surface area contributed by atoms with Crippen LogP contribution in [0.25, 0.3) is 0 Å². The summed E-state index contributed by atoms with van der Waals surface area (Å²) in [5.41, 5.74) is 0. The van der Waals surface area contributed by atoms with Crippen molar-refractivity contribution in [2.24, 2.45) is 11.8 Å². The van der Waals surface area contributed by atoms with Crippen LogP contribution in [0.1, 0.15) is 27.7 Å². The van der Waals surface area contributed by atoms with E-state index in [0.29, 0.717) is 0 Å². The second-order valence-corrected chi connectivity index (χ2v) is 2.61. The summed E-state index contributed by atoms with van der Waals surface area (Å²) in [6.07, 6.45) is 0. The lowest BCUT2D eigenvalue weighted by Gasteiger charge is -2.03. The topological polar surface area (TPSA) is 12.0 Å². The van der Waals surface area contributed by atoms with Gasteiger partial charge in [0.2, 0.25) is 0 Å². The van der Waals surface area contributed by atoms with Crippen molar-refractivity contribution < 1.29 is 0 Å². The quantitative estimate of drug-likeness (QED) is 0.526. The predicted octanol–water partition coefficient (Wildman–Crippen LogP) is 1.89. The van der Waals surface area contributed by atoms with Crippen molar-refractivity contribution in [3.8, 4) is 0 Å². The number of hydrogen-bond donors (Lipinski definition) is 1. The van der Waals surface area contributed by atoms with Gasteiger partial charge in [0.05, 0.1) is 0 Å². The average Bonchev–Trinajstić information content (AvgIpc) is 2.23. The van der Waals surface area contributed by atoms with Gasteiger partial charge in [0.1, 0.15) is 0 Å². The summed E-state index contributed by atoms with van der Waals surface area (Å²) in [7, 11) is 0. The Balaban J connectivity index is 0.000000291. The molecule has 1 aliphatic rings. The van der Waals surface area contributed by atoms with Crippen LogP contribution < -0.4 is 5.32 Å². The van der Waals surface area contributed by atoms with Gasteiger partial charge >= 0.3 is 0 Å². The molecule has 1 N–H and O–H groups in total. The molecule has 0 radical (unpaired) electrons. The van der Waals surface area contributed by atoms with Crippen molar-refractivity contribution in [2.45, 2.75) is 27.7 Å². The fraction of sp³-hybridized carbons (Fsp3) is 1.00. The normalized spacial score (nSPS) is 33.3. The molecule has 0 aliphatic carbocycles. The molecule has 1 saturated heterocycles. The summed E-state index contributed by atoms with van der Waals surface area (Å²) >= 11 is 0. The van der Waals surface area contributed by atoms with Crippen molar-refractivity contribution in [2.75, 3.05) is 13.1 Å². The van der Waals surface area contributed by atoms with Gasteiger partial charge in [-0.15, -0.1) is 0 Å². The fourth-order valence-electron chi connectivity index (χ4n) is 0.941. The Bertz CT molecular complexity index is 53.6. The minimum atomic E-state index is 0.903. The van der Waals surface area contributed by atoms with Crippen LogP contribution in [0, 0.1) is 11.8 Å². The molecule has 2 atom stereocenters. The van der Waals surface area contributed by atoms with Crippen LogP contribution in [0.4, 0.5) is 0 Å². The van der Waals surface area contributed by atoms with Crippen molar-refractivity contribution >= 4 is 0 Å². The third kappa shape index (κ3) is 2.85. The number of nitrogens with one attached hydrogen (secondary N) is 1. The first-order valence-electron chi connectivity index (χ1n) is 4.01. The van der Waals surface area contributed by atoms with E-state index in [1.165, 1.54) is 13.1 Å². The third-order valence-electron chi connectivity index (χ3n) is 1.90. The summed E-state index contributed by atoms with van der Waals surface area (Å²) in [5, 5.41) is 3.32. The van der Waals surface area contributed by atoms with Crippen LogP contribution in [0.3, 0.4) is 0 Å². The van der Waals surface area contributed by atoms with Gasteiger partial charge < -0.3 is 5.32 Å². The zero-order valence-corrected chi connectivity index (χ0v) is 7.07. The molecule has 1 fully saturated rings. The molecule has 1 heteroatoms. The second-order valence-electron chi connectivity index (χ2n) is 2.61. The van der Waals surface area contributed by atoms with E-state index >= 15 is 0 Å². The highest BCUT2D eigenvalue weighted by molar-refractivity contribution is 4.73. The van der Waals surface area contributed by atoms with Crippen LogP contribution >= 0.6 is 0 Å². The van der Waals surface area contributed by atoms with Crippen LogP contribution in [0.5, 0.6) is 0 Å². The Morgan fingerprint density at radius 1 is 1.00 bits per heavy atom. The summed E-state index contributed by atoms with van der Waals surface area (Å²) in [6.45, 7) is 11.0. The lowest BCUT2D eigenvalue weighted by molar-refractivity contribution is 0.494. The minimum Gasteiger partial charge on any atom is -0.316 e. The van der Waals surface area contributed by atoms with Crippen molar-refractivity contribution in [3.05, 3.63) is 0 Å². The van der Waals surface area contributed by atoms with E-state index in [4.69, 9.17) is 0 Å². The Hall–Kier alpha value is -0.0400. The zero-order chi connectivity index (χ0) is 7.28. The van der Waals surface area contributed by atoms with Crippen LogP contribution in [-0.4, -0.2) is 13.1 Å². The van der Waals surface area contributed by atoms with Gasteiger partial charge in [0, 0.05) is 0 Å². The molecule has 1 nitrogen and oxygen atoms in total. The summed E-state index contributed by atoms with van der Waals surface area (Å²) in [5.74, 6) is 1.81. The van der Waals surface area contributed by atoms with Crippen LogP contribution in [0.15, 0.2) is 0 Å². The molecule has 1 aliphatic heterocycles. The van der Waals surface area contributed by atoms with Gasteiger partial charge in [0.25, 0.3) is 0 Å². The SMILES string of the molecule is CC.CC1CNCC1C. The second kappa shape index (κ2) is 4.80. The lowest BCUT2D eigenvalue weighted by Crippen LogP contribution is -2.06. The fourth-order valence-corrected chi connectivity index (χ4v) is 0.941. The van der Waals surface area contributed by atoms with Crippen molar-refractivity contribution in [3.63, 3.8) is 0 Å². The minimum absolute atomic E-state index is 0.903. The summed E-state index contributed by atoms with van der Waals surface area (Å²) < 4.78 is 0. The van der Waals surface area contributed by atoms with E-state index in [1.54, 1.807) is 0 Å². The van der Waals surface area contributed by atoms with Gasteiger partial charge in [-0.25, -0.2) is 0 Å². The van der Waals surface area contributed by atoms with E-state index in [-0.39, 0.29) is 0 Å². The van der Waals surface area contributed by atoms with E-state index in [2.05, 4.69) is 19.2 Å². The first-order chi connectivity index (χ1) is 4.30. The third-order valence-corrected chi connectivity index (χ3v) is 1.90. The van der Waals surface area contributed by atoms with E-state index in [0.717, 1.165) is 11.8 Å². The van der Waals surface area contributed by atoms with Gasteiger partial charge in [-0.2, -0.15) is 0 Å². The Labute approximate surface area is 58.8 Å². The predicted molar refractivity (Wildman–Crippen MR) is 42.5 cm³/mol. The molecule has 0 saturated carbocycles. The number of hydrogen-bond acceptors (Lipinski definition) is 1. The van der Waals surface area contributed by atoms with Crippen molar-refractivity contribution in [1.29, 1.82) is 0 Å². The largest absolute Gasteiger partial charge is 0.316 e. The Morgan fingerprint density at radius 2 is 1.33 bits per heavy atom. The van der Waals surface area contributed by atoms with Crippen molar-refractivity contribution in [1.82, 2.24) is 5.32 Å². The molecular weight excluding hydrogens is 110 g/mol. The van der Waals surface area contributed by atoms with E-state index < -0.39 is 0 Å². The highest BCUT2D eigenvalue weighted by Gasteiger charge is 2.16. The molecule has 0 aromatic carbocycles. The highest BCUT2D eigenvalue weighted by atomic mass is 14.9. The molecule has 56 valence electrons. The van der Waals surface area contributed by atoms with Gasteiger partial charge in [-0.05, 0) is 24.9 Å².